The molecule has 5 heteroatoms. The maximum Gasteiger partial charge on any atom is 0.106 e. The summed E-state index contributed by atoms with van der Waals surface area (Å²) in [5.74, 6) is 2.19. The van der Waals surface area contributed by atoms with Gasteiger partial charge < -0.3 is 0 Å². The van der Waals surface area contributed by atoms with Crippen molar-refractivity contribution in [2.45, 2.75) is 6.42 Å². The van der Waals surface area contributed by atoms with Crippen LogP contribution in [0.15, 0.2) is 65.8 Å². The van der Waals surface area contributed by atoms with Crippen LogP contribution in [-0.2, 0) is 11.8 Å². The number of hydrogen-bond donors (Lipinski definition) is 1. The normalized spacial score (nSPS) is 17.0. The molecule has 1 saturated heterocycles. The van der Waals surface area contributed by atoms with Crippen LogP contribution in [0.3, 0.4) is 0 Å². The van der Waals surface area contributed by atoms with Gasteiger partial charge in [-0.05, 0) is 12.2 Å². The zero-order valence-corrected chi connectivity index (χ0v) is 14.1. The third kappa shape index (κ3) is 3.39. The molecule has 1 aliphatic rings. The van der Waals surface area contributed by atoms with Crippen molar-refractivity contribution in [1.29, 1.82) is 0 Å². The molecule has 1 fully saturated rings. The van der Waals surface area contributed by atoms with Gasteiger partial charge in [-0.2, -0.15) is 16.9 Å². The van der Waals surface area contributed by atoms with E-state index in [-0.39, 0.29) is 0 Å². The van der Waals surface area contributed by atoms with E-state index in [2.05, 4.69) is 34.6 Å². The third-order valence-electron chi connectivity index (χ3n) is 3.39. The van der Waals surface area contributed by atoms with Crippen molar-refractivity contribution in [3.8, 4) is 0 Å². The van der Waals surface area contributed by atoms with Crippen molar-refractivity contribution >= 4 is 46.1 Å². The highest BCUT2D eigenvalue weighted by molar-refractivity contribution is 8.20. The lowest BCUT2D eigenvalue weighted by atomic mass is 10.3. The average Bonchev–Trinajstić information content (AvgIpc) is 3.08. The van der Waals surface area contributed by atoms with Gasteiger partial charge in [0.25, 0.3) is 0 Å². The molecule has 0 radical (unpaired) electrons. The highest BCUT2D eigenvalue weighted by Crippen LogP contribution is 2.39. The molecule has 3 rings (SSSR count). The van der Waals surface area contributed by atoms with Gasteiger partial charge in [0.1, 0.15) is 6.19 Å². The van der Waals surface area contributed by atoms with Crippen LogP contribution >= 0.6 is 18.0 Å². The molecule has 2 aromatic carbocycles. The Bertz CT molecular complexity index is 620. The number of benzene rings is 2. The van der Waals surface area contributed by atoms with Crippen LogP contribution in [0.2, 0.25) is 0 Å². The fraction of sp³-hybridized carbons (Fsp3) is 0.188. The van der Waals surface area contributed by atoms with Gasteiger partial charge in [0.05, 0.1) is 0 Å². The summed E-state index contributed by atoms with van der Waals surface area (Å²) in [6, 6.07) is 20.6. The molecule has 0 bridgehead atoms. The first kappa shape index (κ1) is 14.8. The largest absolute Gasteiger partial charge is 0.272 e. The van der Waals surface area contributed by atoms with E-state index in [4.69, 9.17) is 11.8 Å². The van der Waals surface area contributed by atoms with Crippen molar-refractivity contribution in [1.82, 2.24) is 5.20 Å². The van der Waals surface area contributed by atoms with Crippen LogP contribution in [0, 0.1) is 0 Å². The van der Waals surface area contributed by atoms with E-state index in [0.29, 0.717) is 0 Å². The SMILES string of the molecule is S=P(N/N=C1\CCSC1)(c1ccccc1)c1ccccc1. The minimum Gasteiger partial charge on any atom is -0.272 e. The van der Waals surface area contributed by atoms with E-state index in [1.165, 1.54) is 11.5 Å². The third-order valence-corrected chi connectivity index (χ3v) is 8.36. The second-order valence-electron chi connectivity index (χ2n) is 4.86. The number of hydrogen-bond acceptors (Lipinski definition) is 3. The van der Waals surface area contributed by atoms with Crippen molar-refractivity contribution in [3.05, 3.63) is 60.7 Å². The Morgan fingerprint density at radius 2 is 1.52 bits per heavy atom. The predicted octanol–water partition coefficient (Wildman–Crippen LogP) is 3.11. The molecule has 1 aliphatic heterocycles. The lowest BCUT2D eigenvalue weighted by molar-refractivity contribution is 1.08. The first-order chi connectivity index (χ1) is 10.3. The number of thioether (sulfide) groups is 1. The molecular weight excluding hydrogens is 315 g/mol. The van der Waals surface area contributed by atoms with Gasteiger partial charge in [-0.1, -0.05) is 72.5 Å². The second kappa shape index (κ2) is 6.78. The molecule has 108 valence electrons. The van der Waals surface area contributed by atoms with Gasteiger partial charge in [-0.15, -0.1) is 0 Å². The molecule has 0 unspecified atom stereocenters. The van der Waals surface area contributed by atoms with E-state index in [9.17, 15) is 0 Å². The van der Waals surface area contributed by atoms with E-state index in [0.717, 1.165) is 22.8 Å². The van der Waals surface area contributed by atoms with Crippen molar-refractivity contribution < 1.29 is 0 Å². The molecule has 1 heterocycles. The quantitative estimate of drug-likeness (QED) is 0.688. The molecule has 2 nitrogen and oxygen atoms in total. The highest BCUT2D eigenvalue weighted by Gasteiger charge is 2.22. The monoisotopic (exact) mass is 332 g/mol. The van der Waals surface area contributed by atoms with Gasteiger partial charge in [-0.3, -0.25) is 5.20 Å². The summed E-state index contributed by atoms with van der Waals surface area (Å²) in [5, 5.41) is 10.3. The summed E-state index contributed by atoms with van der Waals surface area (Å²) in [7, 11) is 0. The minimum absolute atomic E-state index is 1.02. The van der Waals surface area contributed by atoms with Gasteiger partial charge in [0.2, 0.25) is 0 Å². The number of hydrazone groups is 1. The summed E-state index contributed by atoms with van der Waals surface area (Å²) in [5.41, 5.74) is 1.22. The maximum absolute atomic E-state index is 6.06. The van der Waals surface area contributed by atoms with Crippen LogP contribution in [0.25, 0.3) is 0 Å². The Labute approximate surface area is 135 Å². The molecule has 0 atom stereocenters. The zero-order valence-electron chi connectivity index (χ0n) is 11.6. The van der Waals surface area contributed by atoms with Gasteiger partial charge in [-0.25, -0.2) is 0 Å². The Morgan fingerprint density at radius 3 is 2.00 bits per heavy atom. The van der Waals surface area contributed by atoms with Crippen molar-refractivity contribution in [2.24, 2.45) is 5.10 Å². The van der Waals surface area contributed by atoms with Gasteiger partial charge in [0.15, 0.2) is 0 Å². The molecule has 1 N–H and O–H groups in total. The smallest absolute Gasteiger partial charge is 0.106 e. The van der Waals surface area contributed by atoms with Crippen LogP contribution in [0.4, 0.5) is 0 Å². The van der Waals surface area contributed by atoms with E-state index >= 15 is 0 Å². The summed E-state index contributed by atoms with van der Waals surface area (Å²) < 4.78 is 0. The Morgan fingerprint density at radius 1 is 0.952 bits per heavy atom. The van der Waals surface area contributed by atoms with Crippen LogP contribution in [0.1, 0.15) is 6.42 Å². The molecule has 21 heavy (non-hydrogen) atoms. The second-order valence-corrected chi connectivity index (χ2v) is 10.1. The molecule has 2 aromatic rings. The average molecular weight is 332 g/mol. The lowest BCUT2D eigenvalue weighted by Gasteiger charge is -2.23. The summed E-state index contributed by atoms with van der Waals surface area (Å²) >= 11 is 7.99. The summed E-state index contributed by atoms with van der Waals surface area (Å²) in [4.78, 5) is 0. The first-order valence-electron chi connectivity index (χ1n) is 6.91. The molecule has 0 aromatic heterocycles. The van der Waals surface area contributed by atoms with Gasteiger partial charge in [0, 0.05) is 22.1 Å². The standard InChI is InChI=1S/C16H17N2PS2/c20-19(15-7-3-1-4-8-15,16-9-5-2-6-10-16)18-17-14-11-12-21-13-14/h1-10H,11-13H2,(H,18,20)/b17-14+. The number of nitrogens with one attached hydrogen (secondary N) is 1. The molecule has 0 aliphatic carbocycles. The zero-order chi connectivity index (χ0) is 14.5. The molecule has 0 amide bonds. The number of rotatable bonds is 4. The summed E-state index contributed by atoms with van der Waals surface area (Å²) in [6.45, 7) is 0. The molecule has 0 spiro atoms. The Balaban J connectivity index is 1.99. The van der Waals surface area contributed by atoms with Crippen molar-refractivity contribution in [3.63, 3.8) is 0 Å². The predicted molar refractivity (Wildman–Crippen MR) is 98.9 cm³/mol. The lowest BCUT2D eigenvalue weighted by Crippen LogP contribution is -2.25. The Hall–Kier alpha value is -1.09. The van der Waals surface area contributed by atoms with Gasteiger partial charge >= 0.3 is 0 Å². The molecular formula is C16H17N2PS2. The maximum atomic E-state index is 6.06. The summed E-state index contributed by atoms with van der Waals surface area (Å²) in [6.07, 6.45) is -1.02. The van der Waals surface area contributed by atoms with Crippen LogP contribution in [0.5, 0.6) is 0 Å². The van der Waals surface area contributed by atoms with Crippen molar-refractivity contribution in [2.75, 3.05) is 11.5 Å². The van der Waals surface area contributed by atoms with E-state index in [1.807, 2.05) is 48.2 Å². The first-order valence-corrected chi connectivity index (χ1v) is 10.9. The minimum atomic E-state index is -2.09. The topological polar surface area (TPSA) is 24.4 Å². The Kier molecular flexibility index (Phi) is 4.79. The number of nitrogens with zero attached hydrogens (tertiary/aromatic N) is 1. The fourth-order valence-electron chi connectivity index (χ4n) is 2.22. The van der Waals surface area contributed by atoms with Crippen LogP contribution in [-0.4, -0.2) is 17.2 Å². The fourth-order valence-corrected chi connectivity index (χ4v) is 6.04. The highest BCUT2D eigenvalue weighted by atomic mass is 32.4. The molecule has 0 saturated carbocycles. The van der Waals surface area contributed by atoms with E-state index in [1.54, 1.807) is 0 Å². The van der Waals surface area contributed by atoms with E-state index < -0.39 is 6.19 Å². The van der Waals surface area contributed by atoms with Crippen LogP contribution < -0.4 is 15.8 Å².